The molecule has 1 rings (SSSR count). The van der Waals surface area contributed by atoms with Crippen LogP contribution in [-0.4, -0.2) is 45.8 Å². The third kappa shape index (κ3) is 4.42. The minimum Gasteiger partial charge on any atom is -0.364 e. The van der Waals surface area contributed by atoms with Crippen LogP contribution in [0.5, 0.6) is 0 Å². The van der Waals surface area contributed by atoms with E-state index in [1.54, 1.807) is 11.7 Å². The molecule has 0 bridgehead atoms. The standard InChI is InChI=1S/C14H27N5O2/c1-6-18(7-2)10-8-9-15-14-13(19(20)21)12(11(3)4)16-17(14)5/h11,15H,6-10H2,1-5H3. The van der Waals surface area contributed by atoms with Gasteiger partial charge in [-0.15, -0.1) is 0 Å². The number of rotatable bonds is 9. The monoisotopic (exact) mass is 297 g/mol. The summed E-state index contributed by atoms with van der Waals surface area (Å²) in [6.07, 6.45) is 0.945. The highest BCUT2D eigenvalue weighted by molar-refractivity contribution is 5.60. The first-order valence-corrected chi connectivity index (χ1v) is 7.59. The third-order valence-corrected chi connectivity index (χ3v) is 3.62. The Bertz CT molecular complexity index is 466. The molecule has 0 aliphatic rings. The summed E-state index contributed by atoms with van der Waals surface area (Å²) in [5.41, 5.74) is 0.643. The summed E-state index contributed by atoms with van der Waals surface area (Å²) >= 11 is 0. The fraction of sp³-hybridized carbons (Fsp3) is 0.786. The van der Waals surface area contributed by atoms with Gasteiger partial charge in [0.25, 0.3) is 0 Å². The Labute approximate surface area is 126 Å². The Hall–Kier alpha value is -1.63. The first-order valence-electron chi connectivity index (χ1n) is 7.59. The molecule has 0 saturated carbocycles. The van der Waals surface area contributed by atoms with Crippen molar-refractivity contribution in [3.05, 3.63) is 15.8 Å². The summed E-state index contributed by atoms with van der Waals surface area (Å²) < 4.78 is 1.57. The van der Waals surface area contributed by atoms with Gasteiger partial charge in [-0.05, 0) is 26.1 Å². The molecule has 0 spiro atoms. The molecule has 21 heavy (non-hydrogen) atoms. The third-order valence-electron chi connectivity index (χ3n) is 3.62. The molecule has 120 valence electrons. The molecule has 0 saturated heterocycles. The average Bonchev–Trinajstić information content (AvgIpc) is 2.76. The molecular weight excluding hydrogens is 270 g/mol. The van der Waals surface area contributed by atoms with Gasteiger partial charge in [-0.25, -0.2) is 4.68 Å². The SMILES string of the molecule is CCN(CC)CCCNc1c([N+](=O)[O-])c(C(C)C)nn1C. The van der Waals surface area contributed by atoms with Gasteiger partial charge in [-0.3, -0.25) is 10.1 Å². The van der Waals surface area contributed by atoms with Gasteiger partial charge in [0.05, 0.1) is 4.92 Å². The molecule has 0 radical (unpaired) electrons. The Morgan fingerprint density at radius 1 is 1.38 bits per heavy atom. The lowest BCUT2D eigenvalue weighted by molar-refractivity contribution is -0.384. The second-order valence-electron chi connectivity index (χ2n) is 5.43. The molecule has 0 unspecified atom stereocenters. The highest BCUT2D eigenvalue weighted by atomic mass is 16.6. The van der Waals surface area contributed by atoms with Crippen LogP contribution < -0.4 is 5.32 Å². The van der Waals surface area contributed by atoms with Gasteiger partial charge in [0.15, 0.2) is 0 Å². The van der Waals surface area contributed by atoms with E-state index in [9.17, 15) is 10.1 Å². The fourth-order valence-corrected chi connectivity index (χ4v) is 2.35. The summed E-state index contributed by atoms with van der Waals surface area (Å²) in [6, 6.07) is 0. The smallest absolute Gasteiger partial charge is 0.334 e. The Kier molecular flexibility index (Phi) is 6.61. The van der Waals surface area contributed by atoms with Crippen molar-refractivity contribution in [1.29, 1.82) is 0 Å². The zero-order valence-corrected chi connectivity index (χ0v) is 13.7. The number of aryl methyl sites for hydroxylation is 1. The van der Waals surface area contributed by atoms with E-state index in [-0.39, 0.29) is 16.5 Å². The fourth-order valence-electron chi connectivity index (χ4n) is 2.35. The van der Waals surface area contributed by atoms with Crippen LogP contribution >= 0.6 is 0 Å². The van der Waals surface area contributed by atoms with E-state index in [0.29, 0.717) is 18.1 Å². The molecule has 1 aromatic rings. The second kappa shape index (κ2) is 7.97. The van der Waals surface area contributed by atoms with Crippen molar-refractivity contribution in [2.24, 2.45) is 7.05 Å². The van der Waals surface area contributed by atoms with Crippen molar-refractivity contribution in [2.45, 2.75) is 40.0 Å². The van der Waals surface area contributed by atoms with Crippen LogP contribution in [0.3, 0.4) is 0 Å². The lowest BCUT2D eigenvalue weighted by Gasteiger charge is -2.17. The van der Waals surface area contributed by atoms with Crippen molar-refractivity contribution in [2.75, 3.05) is 31.5 Å². The van der Waals surface area contributed by atoms with Crippen LogP contribution in [0.1, 0.15) is 45.7 Å². The largest absolute Gasteiger partial charge is 0.364 e. The number of nitrogens with one attached hydrogen (secondary N) is 1. The molecule has 1 N–H and O–H groups in total. The predicted octanol–water partition coefficient (Wildman–Crippen LogP) is 2.60. The highest BCUT2D eigenvalue weighted by Gasteiger charge is 2.28. The minimum absolute atomic E-state index is 0.0304. The first-order chi connectivity index (χ1) is 9.92. The maximum absolute atomic E-state index is 11.3. The zero-order valence-electron chi connectivity index (χ0n) is 13.7. The van der Waals surface area contributed by atoms with Crippen LogP contribution in [0.4, 0.5) is 11.5 Å². The molecule has 0 aliphatic heterocycles. The minimum atomic E-state index is -0.338. The molecule has 1 aromatic heterocycles. The average molecular weight is 297 g/mol. The summed E-state index contributed by atoms with van der Waals surface area (Å²) in [5.74, 6) is 0.533. The van der Waals surface area contributed by atoms with Crippen LogP contribution in [0, 0.1) is 10.1 Å². The van der Waals surface area contributed by atoms with Gasteiger partial charge in [0.2, 0.25) is 5.82 Å². The number of anilines is 1. The summed E-state index contributed by atoms with van der Waals surface area (Å²) in [4.78, 5) is 13.3. The van der Waals surface area contributed by atoms with Gasteiger partial charge < -0.3 is 10.2 Å². The van der Waals surface area contributed by atoms with Crippen molar-refractivity contribution in [3.63, 3.8) is 0 Å². The van der Waals surface area contributed by atoms with Gasteiger partial charge in [-0.1, -0.05) is 27.7 Å². The van der Waals surface area contributed by atoms with Crippen molar-refractivity contribution >= 4 is 11.5 Å². The predicted molar refractivity (Wildman–Crippen MR) is 84.8 cm³/mol. The maximum atomic E-state index is 11.3. The van der Waals surface area contributed by atoms with E-state index in [4.69, 9.17) is 0 Å². The van der Waals surface area contributed by atoms with Crippen LogP contribution in [0.25, 0.3) is 0 Å². The molecule has 0 aromatic carbocycles. The number of nitro groups is 1. The quantitative estimate of drug-likeness (QED) is 0.431. The highest BCUT2D eigenvalue weighted by Crippen LogP contribution is 2.32. The number of hydrogen-bond acceptors (Lipinski definition) is 5. The van der Waals surface area contributed by atoms with Crippen molar-refractivity contribution in [3.8, 4) is 0 Å². The summed E-state index contributed by atoms with van der Waals surface area (Å²) in [7, 11) is 1.74. The molecule has 1 heterocycles. The molecule has 0 aliphatic carbocycles. The Morgan fingerprint density at radius 3 is 2.48 bits per heavy atom. The van der Waals surface area contributed by atoms with E-state index in [1.807, 2.05) is 13.8 Å². The van der Waals surface area contributed by atoms with Gasteiger partial charge in [-0.2, -0.15) is 5.10 Å². The van der Waals surface area contributed by atoms with Crippen LogP contribution in [0.15, 0.2) is 0 Å². The Morgan fingerprint density at radius 2 is 2.00 bits per heavy atom. The van der Waals surface area contributed by atoms with Crippen LogP contribution in [-0.2, 0) is 7.05 Å². The number of hydrogen-bond donors (Lipinski definition) is 1. The maximum Gasteiger partial charge on any atom is 0.334 e. The first kappa shape index (κ1) is 17.4. The lowest BCUT2D eigenvalue weighted by Crippen LogP contribution is -2.25. The number of aromatic nitrogens is 2. The number of nitrogens with zero attached hydrogens (tertiary/aromatic N) is 4. The normalized spacial score (nSPS) is 11.4. The van der Waals surface area contributed by atoms with E-state index >= 15 is 0 Å². The molecule has 7 heteroatoms. The van der Waals surface area contributed by atoms with E-state index < -0.39 is 0 Å². The van der Waals surface area contributed by atoms with E-state index in [2.05, 4.69) is 29.2 Å². The molecule has 0 atom stereocenters. The molecular formula is C14H27N5O2. The van der Waals surface area contributed by atoms with Crippen molar-refractivity contribution in [1.82, 2.24) is 14.7 Å². The molecule has 0 fully saturated rings. The topological polar surface area (TPSA) is 76.2 Å². The molecule has 0 amide bonds. The van der Waals surface area contributed by atoms with Crippen molar-refractivity contribution < 1.29 is 4.92 Å². The second-order valence-corrected chi connectivity index (χ2v) is 5.43. The summed E-state index contributed by atoms with van der Waals surface area (Å²) in [5, 5.41) is 18.8. The Balaban J connectivity index is 2.73. The summed E-state index contributed by atoms with van der Waals surface area (Å²) in [6.45, 7) is 11.9. The lowest BCUT2D eigenvalue weighted by atomic mass is 10.1. The van der Waals surface area contributed by atoms with Crippen LogP contribution in [0.2, 0.25) is 0 Å². The van der Waals surface area contributed by atoms with E-state index in [0.717, 1.165) is 26.1 Å². The zero-order chi connectivity index (χ0) is 16.0. The molecule has 7 nitrogen and oxygen atoms in total. The van der Waals surface area contributed by atoms with Gasteiger partial charge >= 0.3 is 5.69 Å². The van der Waals surface area contributed by atoms with E-state index in [1.165, 1.54) is 0 Å². The van der Waals surface area contributed by atoms with Gasteiger partial charge in [0.1, 0.15) is 5.69 Å². The van der Waals surface area contributed by atoms with Gasteiger partial charge in [0, 0.05) is 19.5 Å².